The molecule has 0 saturated carbocycles. The van der Waals surface area contributed by atoms with Crippen LogP contribution in [0.2, 0.25) is 0 Å². The highest BCUT2D eigenvalue weighted by Crippen LogP contribution is 2.29. The van der Waals surface area contributed by atoms with E-state index in [-0.39, 0.29) is 17.5 Å². The van der Waals surface area contributed by atoms with E-state index in [0.29, 0.717) is 5.69 Å². The SMILES string of the molecule is O=c1n(-c2ccc(F)cc2)nc2n1C(c1ccccc1)CC2. The van der Waals surface area contributed by atoms with Crippen molar-refractivity contribution in [1.29, 1.82) is 0 Å². The first-order valence-electron chi connectivity index (χ1n) is 7.25. The highest BCUT2D eigenvalue weighted by molar-refractivity contribution is 5.31. The van der Waals surface area contributed by atoms with E-state index >= 15 is 0 Å². The van der Waals surface area contributed by atoms with Crippen molar-refractivity contribution in [3.63, 3.8) is 0 Å². The first-order chi connectivity index (χ1) is 10.7. The summed E-state index contributed by atoms with van der Waals surface area (Å²) in [6.45, 7) is 0. The Kier molecular flexibility index (Phi) is 2.92. The van der Waals surface area contributed by atoms with Crippen LogP contribution in [0.3, 0.4) is 0 Å². The molecule has 0 radical (unpaired) electrons. The van der Waals surface area contributed by atoms with Crippen LogP contribution in [-0.2, 0) is 6.42 Å². The number of benzene rings is 2. The zero-order valence-corrected chi connectivity index (χ0v) is 11.8. The third kappa shape index (κ3) is 1.97. The van der Waals surface area contributed by atoms with Gasteiger partial charge in [0.2, 0.25) is 0 Å². The highest BCUT2D eigenvalue weighted by Gasteiger charge is 2.29. The van der Waals surface area contributed by atoms with Gasteiger partial charge in [0.15, 0.2) is 0 Å². The summed E-state index contributed by atoms with van der Waals surface area (Å²) in [5.41, 5.74) is 1.52. The molecule has 0 spiro atoms. The summed E-state index contributed by atoms with van der Waals surface area (Å²) in [4.78, 5) is 12.7. The van der Waals surface area contributed by atoms with E-state index in [0.717, 1.165) is 24.2 Å². The van der Waals surface area contributed by atoms with Crippen LogP contribution >= 0.6 is 0 Å². The van der Waals surface area contributed by atoms with E-state index < -0.39 is 0 Å². The molecule has 1 unspecified atom stereocenters. The molecule has 0 saturated heterocycles. The van der Waals surface area contributed by atoms with Gasteiger partial charge in [0.05, 0.1) is 11.7 Å². The third-order valence-electron chi connectivity index (χ3n) is 4.09. The molecule has 0 bridgehead atoms. The minimum atomic E-state index is -0.328. The molecule has 4 rings (SSSR count). The maximum atomic E-state index is 13.0. The van der Waals surface area contributed by atoms with Gasteiger partial charge >= 0.3 is 5.69 Å². The molecule has 0 aliphatic carbocycles. The standard InChI is InChI=1S/C17H14FN3O/c18-13-6-8-14(9-7-13)21-17(22)20-15(10-11-16(20)19-21)12-4-2-1-3-5-12/h1-9,15H,10-11H2. The van der Waals surface area contributed by atoms with Gasteiger partial charge in [-0.05, 0) is 36.2 Å². The summed E-state index contributed by atoms with van der Waals surface area (Å²) in [5.74, 6) is 0.453. The van der Waals surface area contributed by atoms with Crippen molar-refractivity contribution < 1.29 is 4.39 Å². The fourth-order valence-electron chi connectivity index (χ4n) is 3.04. The Hall–Kier alpha value is -2.69. The number of halogens is 1. The Labute approximate surface area is 126 Å². The lowest BCUT2D eigenvalue weighted by molar-refractivity contribution is 0.587. The lowest BCUT2D eigenvalue weighted by Gasteiger charge is -2.11. The average molecular weight is 295 g/mol. The Balaban J connectivity index is 1.81. The summed E-state index contributed by atoms with van der Waals surface area (Å²) in [7, 11) is 0. The van der Waals surface area contributed by atoms with Gasteiger partial charge < -0.3 is 0 Å². The van der Waals surface area contributed by atoms with Gasteiger partial charge in [-0.1, -0.05) is 30.3 Å². The van der Waals surface area contributed by atoms with Gasteiger partial charge in [0.1, 0.15) is 11.6 Å². The molecule has 1 atom stereocenters. The maximum absolute atomic E-state index is 13.0. The minimum Gasteiger partial charge on any atom is -0.271 e. The molecule has 1 aliphatic heterocycles. The molecular weight excluding hydrogens is 281 g/mol. The summed E-state index contributed by atoms with van der Waals surface area (Å²) in [5, 5.41) is 4.41. The second-order valence-electron chi connectivity index (χ2n) is 5.42. The van der Waals surface area contributed by atoms with Crippen molar-refractivity contribution in [2.45, 2.75) is 18.9 Å². The molecule has 1 aliphatic rings. The quantitative estimate of drug-likeness (QED) is 0.729. The molecule has 1 aromatic heterocycles. The van der Waals surface area contributed by atoms with E-state index in [9.17, 15) is 9.18 Å². The fraction of sp³-hybridized carbons (Fsp3) is 0.176. The van der Waals surface area contributed by atoms with Gasteiger partial charge in [-0.3, -0.25) is 4.57 Å². The van der Waals surface area contributed by atoms with Gasteiger partial charge in [-0.25, -0.2) is 9.18 Å². The average Bonchev–Trinajstić information content (AvgIpc) is 3.10. The fourth-order valence-corrected chi connectivity index (χ4v) is 3.04. The predicted octanol–water partition coefficient (Wildman–Crippen LogP) is 2.71. The summed E-state index contributed by atoms with van der Waals surface area (Å²) < 4.78 is 16.1. The van der Waals surface area contributed by atoms with Crippen molar-refractivity contribution in [1.82, 2.24) is 14.3 Å². The molecule has 5 heteroatoms. The monoisotopic (exact) mass is 295 g/mol. The predicted molar refractivity (Wildman–Crippen MR) is 80.7 cm³/mol. The van der Waals surface area contributed by atoms with Crippen LogP contribution < -0.4 is 5.69 Å². The normalized spacial score (nSPS) is 16.7. The number of aromatic nitrogens is 3. The second-order valence-corrected chi connectivity index (χ2v) is 5.42. The molecule has 2 aromatic carbocycles. The number of rotatable bonds is 2. The van der Waals surface area contributed by atoms with E-state index in [1.54, 1.807) is 16.7 Å². The number of nitrogens with zero attached hydrogens (tertiary/aromatic N) is 3. The first-order valence-corrected chi connectivity index (χ1v) is 7.25. The van der Waals surface area contributed by atoms with E-state index in [2.05, 4.69) is 5.10 Å². The minimum absolute atomic E-state index is 0.0258. The maximum Gasteiger partial charge on any atom is 0.351 e. The van der Waals surface area contributed by atoms with Crippen molar-refractivity contribution >= 4 is 0 Å². The lowest BCUT2D eigenvalue weighted by Crippen LogP contribution is -2.26. The van der Waals surface area contributed by atoms with E-state index in [1.165, 1.54) is 16.8 Å². The van der Waals surface area contributed by atoms with Crippen molar-refractivity contribution in [2.75, 3.05) is 0 Å². The molecule has 22 heavy (non-hydrogen) atoms. The number of fused-ring (bicyclic) bond motifs is 1. The Morgan fingerprint density at radius 2 is 1.77 bits per heavy atom. The van der Waals surface area contributed by atoms with Crippen LogP contribution in [0.4, 0.5) is 4.39 Å². The van der Waals surface area contributed by atoms with Crippen LogP contribution in [0.25, 0.3) is 5.69 Å². The molecule has 0 fully saturated rings. The van der Waals surface area contributed by atoms with Crippen LogP contribution in [0, 0.1) is 5.82 Å². The molecule has 3 aromatic rings. The lowest BCUT2D eigenvalue weighted by atomic mass is 10.1. The zero-order valence-electron chi connectivity index (χ0n) is 11.8. The van der Waals surface area contributed by atoms with Gasteiger partial charge in [0, 0.05) is 6.42 Å². The van der Waals surface area contributed by atoms with Gasteiger partial charge in [-0.15, -0.1) is 5.10 Å². The van der Waals surface area contributed by atoms with Crippen LogP contribution in [0.15, 0.2) is 59.4 Å². The van der Waals surface area contributed by atoms with Crippen molar-refractivity contribution in [3.8, 4) is 5.69 Å². The Morgan fingerprint density at radius 1 is 1.05 bits per heavy atom. The largest absolute Gasteiger partial charge is 0.351 e. The van der Waals surface area contributed by atoms with Crippen molar-refractivity contribution in [2.24, 2.45) is 0 Å². The molecule has 0 N–H and O–H groups in total. The van der Waals surface area contributed by atoms with Crippen LogP contribution in [0.1, 0.15) is 23.9 Å². The number of aryl methyl sites for hydroxylation is 1. The van der Waals surface area contributed by atoms with Gasteiger partial charge in [-0.2, -0.15) is 4.68 Å². The van der Waals surface area contributed by atoms with Crippen LogP contribution in [-0.4, -0.2) is 14.3 Å². The smallest absolute Gasteiger partial charge is 0.271 e. The van der Waals surface area contributed by atoms with Crippen LogP contribution in [0.5, 0.6) is 0 Å². The Morgan fingerprint density at radius 3 is 2.50 bits per heavy atom. The summed E-state index contributed by atoms with van der Waals surface area (Å²) >= 11 is 0. The first kappa shape index (κ1) is 13.0. The van der Waals surface area contributed by atoms with E-state index in [1.807, 2.05) is 30.3 Å². The van der Waals surface area contributed by atoms with Gasteiger partial charge in [0.25, 0.3) is 0 Å². The molecule has 0 amide bonds. The number of hydrogen-bond acceptors (Lipinski definition) is 2. The molecular formula is C17H14FN3O. The third-order valence-corrected chi connectivity index (χ3v) is 4.09. The second kappa shape index (κ2) is 4.94. The Bertz CT molecular complexity index is 865. The number of hydrogen-bond donors (Lipinski definition) is 0. The summed E-state index contributed by atoms with van der Waals surface area (Å²) in [6, 6.07) is 15.8. The topological polar surface area (TPSA) is 39.8 Å². The molecule has 4 nitrogen and oxygen atoms in total. The highest BCUT2D eigenvalue weighted by atomic mass is 19.1. The zero-order chi connectivity index (χ0) is 15.1. The van der Waals surface area contributed by atoms with Crippen molar-refractivity contribution in [3.05, 3.63) is 82.3 Å². The summed E-state index contributed by atoms with van der Waals surface area (Å²) in [6.07, 6.45) is 1.65. The molecule has 2 heterocycles. The van der Waals surface area contributed by atoms with E-state index in [4.69, 9.17) is 0 Å². The molecule has 110 valence electrons.